The van der Waals surface area contributed by atoms with Crippen LogP contribution in [0.1, 0.15) is 6.42 Å². The summed E-state index contributed by atoms with van der Waals surface area (Å²) in [4.78, 5) is 11.3. The molecular formula is C12H14INO3. The van der Waals surface area contributed by atoms with E-state index in [4.69, 9.17) is 9.47 Å². The topological polar surface area (TPSA) is 47.6 Å². The van der Waals surface area contributed by atoms with Crippen molar-refractivity contribution in [2.24, 2.45) is 0 Å². The molecule has 17 heavy (non-hydrogen) atoms. The van der Waals surface area contributed by atoms with Crippen molar-refractivity contribution in [3.8, 4) is 5.75 Å². The van der Waals surface area contributed by atoms with Crippen LogP contribution in [0.15, 0.2) is 24.3 Å². The SMILES string of the molecule is COC(=O)[C@@H]1C[C@@H](Oc2ccc(I)cc2)CN1. The second-order valence-electron chi connectivity index (χ2n) is 3.91. The Labute approximate surface area is 114 Å². The summed E-state index contributed by atoms with van der Waals surface area (Å²) in [6.07, 6.45) is 0.678. The molecule has 1 aromatic rings. The van der Waals surface area contributed by atoms with E-state index in [9.17, 15) is 4.79 Å². The van der Waals surface area contributed by atoms with E-state index in [0.717, 1.165) is 5.75 Å². The average molecular weight is 347 g/mol. The van der Waals surface area contributed by atoms with Gasteiger partial charge in [0.05, 0.1) is 7.11 Å². The van der Waals surface area contributed by atoms with E-state index in [1.807, 2.05) is 24.3 Å². The summed E-state index contributed by atoms with van der Waals surface area (Å²) in [7, 11) is 1.40. The first kappa shape index (κ1) is 12.6. The zero-order valence-corrected chi connectivity index (χ0v) is 11.6. The first-order chi connectivity index (χ1) is 8.19. The Bertz CT molecular complexity index is 393. The molecule has 1 saturated heterocycles. The van der Waals surface area contributed by atoms with Crippen molar-refractivity contribution in [3.63, 3.8) is 0 Å². The molecule has 1 heterocycles. The van der Waals surface area contributed by atoms with E-state index in [1.54, 1.807) is 0 Å². The molecule has 2 rings (SSSR count). The molecule has 0 aliphatic carbocycles. The summed E-state index contributed by atoms with van der Waals surface area (Å²) in [5.74, 6) is 0.612. The van der Waals surface area contributed by atoms with E-state index < -0.39 is 0 Å². The fourth-order valence-corrected chi connectivity index (χ4v) is 2.18. The van der Waals surface area contributed by atoms with Crippen LogP contribution in [0.4, 0.5) is 0 Å². The molecule has 92 valence electrons. The maximum Gasteiger partial charge on any atom is 0.323 e. The number of benzene rings is 1. The third kappa shape index (κ3) is 3.32. The minimum Gasteiger partial charge on any atom is -0.489 e. The molecule has 0 aromatic heterocycles. The Morgan fingerprint density at radius 3 is 2.76 bits per heavy atom. The van der Waals surface area contributed by atoms with Crippen LogP contribution in [0.3, 0.4) is 0 Å². The van der Waals surface area contributed by atoms with Gasteiger partial charge in [0.1, 0.15) is 17.9 Å². The highest BCUT2D eigenvalue weighted by Crippen LogP contribution is 2.19. The Kier molecular flexibility index (Phi) is 4.22. The Hall–Kier alpha value is -0.820. The van der Waals surface area contributed by atoms with Gasteiger partial charge in [0.25, 0.3) is 0 Å². The molecule has 1 aliphatic rings. The van der Waals surface area contributed by atoms with Crippen LogP contribution in [0, 0.1) is 3.57 Å². The summed E-state index contributed by atoms with van der Waals surface area (Å²) in [6.45, 7) is 0.672. The lowest BCUT2D eigenvalue weighted by Gasteiger charge is -2.12. The van der Waals surface area contributed by atoms with Crippen molar-refractivity contribution in [2.45, 2.75) is 18.6 Å². The lowest BCUT2D eigenvalue weighted by Crippen LogP contribution is -2.31. The van der Waals surface area contributed by atoms with E-state index in [2.05, 4.69) is 27.9 Å². The number of hydrogen-bond donors (Lipinski definition) is 1. The first-order valence-electron chi connectivity index (χ1n) is 5.42. The molecule has 0 amide bonds. The predicted molar refractivity (Wildman–Crippen MR) is 72.0 cm³/mol. The van der Waals surface area contributed by atoms with Crippen molar-refractivity contribution in [3.05, 3.63) is 27.8 Å². The van der Waals surface area contributed by atoms with Gasteiger partial charge in [-0.05, 0) is 46.9 Å². The fraction of sp³-hybridized carbons (Fsp3) is 0.417. The molecule has 0 radical (unpaired) electrons. The highest BCUT2D eigenvalue weighted by Gasteiger charge is 2.31. The zero-order chi connectivity index (χ0) is 12.3. The number of carbonyl (C=O) groups is 1. The molecule has 1 N–H and O–H groups in total. The van der Waals surface area contributed by atoms with Gasteiger partial charge in [-0.3, -0.25) is 4.79 Å². The summed E-state index contributed by atoms with van der Waals surface area (Å²) in [5, 5.41) is 3.09. The van der Waals surface area contributed by atoms with Crippen molar-refractivity contribution in [1.29, 1.82) is 0 Å². The van der Waals surface area contributed by atoms with Crippen molar-refractivity contribution < 1.29 is 14.3 Å². The van der Waals surface area contributed by atoms with E-state index in [-0.39, 0.29) is 18.1 Å². The molecule has 1 aromatic carbocycles. The van der Waals surface area contributed by atoms with Crippen LogP contribution in [-0.2, 0) is 9.53 Å². The number of nitrogens with one attached hydrogen (secondary N) is 1. The lowest BCUT2D eigenvalue weighted by molar-refractivity contribution is -0.142. The van der Waals surface area contributed by atoms with E-state index in [0.29, 0.717) is 13.0 Å². The van der Waals surface area contributed by atoms with Gasteiger partial charge in [0.2, 0.25) is 0 Å². The van der Waals surface area contributed by atoms with Gasteiger partial charge in [-0.1, -0.05) is 0 Å². The standard InChI is InChI=1S/C12H14INO3/c1-16-12(15)11-6-10(7-14-11)17-9-4-2-8(13)3-5-9/h2-5,10-11,14H,6-7H2,1H3/t10-,11+/m1/s1. The highest BCUT2D eigenvalue weighted by atomic mass is 127. The molecule has 5 heteroatoms. The maximum absolute atomic E-state index is 11.3. The smallest absolute Gasteiger partial charge is 0.323 e. The Morgan fingerprint density at radius 2 is 2.12 bits per heavy atom. The molecule has 0 saturated carbocycles. The van der Waals surface area contributed by atoms with Gasteiger partial charge in [0.15, 0.2) is 0 Å². The monoisotopic (exact) mass is 347 g/mol. The first-order valence-corrected chi connectivity index (χ1v) is 6.50. The fourth-order valence-electron chi connectivity index (χ4n) is 1.82. The summed E-state index contributed by atoms with van der Waals surface area (Å²) in [5.41, 5.74) is 0. The largest absolute Gasteiger partial charge is 0.489 e. The van der Waals surface area contributed by atoms with Gasteiger partial charge in [0, 0.05) is 16.5 Å². The zero-order valence-electron chi connectivity index (χ0n) is 9.48. The van der Waals surface area contributed by atoms with Crippen LogP contribution in [-0.4, -0.2) is 31.8 Å². The van der Waals surface area contributed by atoms with Crippen molar-refractivity contribution in [2.75, 3.05) is 13.7 Å². The second kappa shape index (κ2) is 5.68. The summed E-state index contributed by atoms with van der Waals surface area (Å²) < 4.78 is 11.6. The highest BCUT2D eigenvalue weighted by molar-refractivity contribution is 14.1. The van der Waals surface area contributed by atoms with E-state index in [1.165, 1.54) is 10.7 Å². The van der Waals surface area contributed by atoms with Crippen molar-refractivity contribution in [1.82, 2.24) is 5.32 Å². The van der Waals surface area contributed by atoms with Gasteiger partial charge in [-0.2, -0.15) is 0 Å². The molecule has 0 bridgehead atoms. The minimum atomic E-state index is -0.242. The van der Waals surface area contributed by atoms with E-state index >= 15 is 0 Å². The van der Waals surface area contributed by atoms with Gasteiger partial charge >= 0.3 is 5.97 Å². The second-order valence-corrected chi connectivity index (χ2v) is 5.16. The molecule has 0 spiro atoms. The van der Waals surface area contributed by atoms with Crippen LogP contribution >= 0.6 is 22.6 Å². The quantitative estimate of drug-likeness (QED) is 0.666. The Balaban J connectivity index is 1.89. The number of esters is 1. The lowest BCUT2D eigenvalue weighted by atomic mass is 10.2. The molecule has 1 aliphatic heterocycles. The number of rotatable bonds is 3. The normalized spacial score (nSPS) is 23.4. The molecule has 2 atom stereocenters. The summed E-state index contributed by atoms with van der Waals surface area (Å²) in [6, 6.07) is 7.63. The van der Waals surface area contributed by atoms with Crippen molar-refractivity contribution >= 4 is 28.6 Å². The van der Waals surface area contributed by atoms with Crippen LogP contribution in [0.25, 0.3) is 0 Å². The van der Waals surface area contributed by atoms with Crippen LogP contribution in [0.5, 0.6) is 5.75 Å². The molecule has 0 unspecified atom stereocenters. The number of ether oxygens (including phenoxy) is 2. The summed E-state index contributed by atoms with van der Waals surface area (Å²) >= 11 is 2.25. The minimum absolute atomic E-state index is 0.0270. The van der Waals surface area contributed by atoms with Gasteiger partial charge in [-0.25, -0.2) is 0 Å². The van der Waals surface area contributed by atoms with Gasteiger partial charge < -0.3 is 14.8 Å². The molecular weight excluding hydrogens is 333 g/mol. The van der Waals surface area contributed by atoms with Crippen LogP contribution in [0.2, 0.25) is 0 Å². The predicted octanol–water partition coefficient (Wildman–Crippen LogP) is 1.57. The number of methoxy groups -OCH3 is 1. The van der Waals surface area contributed by atoms with Gasteiger partial charge in [-0.15, -0.1) is 0 Å². The van der Waals surface area contributed by atoms with Crippen LogP contribution < -0.4 is 10.1 Å². The third-order valence-electron chi connectivity index (χ3n) is 2.69. The average Bonchev–Trinajstić information content (AvgIpc) is 2.80. The number of carbonyl (C=O) groups excluding carboxylic acids is 1. The molecule has 1 fully saturated rings. The molecule has 4 nitrogen and oxygen atoms in total. The maximum atomic E-state index is 11.3. The Morgan fingerprint density at radius 1 is 1.41 bits per heavy atom. The number of hydrogen-bond acceptors (Lipinski definition) is 4. The number of halogens is 1. The third-order valence-corrected chi connectivity index (χ3v) is 3.41.